The Labute approximate surface area is 145 Å². The molecular formula is C18H16N4OS. The van der Waals surface area contributed by atoms with Crippen LogP contribution in [0.15, 0.2) is 41.4 Å². The molecule has 1 aromatic carbocycles. The molecule has 0 saturated carbocycles. The van der Waals surface area contributed by atoms with Crippen LogP contribution in [0.3, 0.4) is 0 Å². The highest BCUT2D eigenvalue weighted by atomic mass is 32.2. The molecule has 2 aromatic rings. The third kappa shape index (κ3) is 4.84. The van der Waals surface area contributed by atoms with Gasteiger partial charge in [-0.3, -0.25) is 4.79 Å². The van der Waals surface area contributed by atoms with Crippen LogP contribution in [0.1, 0.15) is 30.2 Å². The Morgan fingerprint density at radius 1 is 1.17 bits per heavy atom. The van der Waals surface area contributed by atoms with Crippen LogP contribution in [0.5, 0.6) is 0 Å². The molecule has 0 aliphatic heterocycles. The summed E-state index contributed by atoms with van der Waals surface area (Å²) in [5.74, 6) is -0.0200. The fourth-order valence-corrected chi connectivity index (χ4v) is 2.82. The lowest BCUT2D eigenvalue weighted by atomic mass is 10.2. The molecule has 1 N–H and O–H groups in total. The second-order valence-corrected chi connectivity index (χ2v) is 6.01. The van der Waals surface area contributed by atoms with Crippen molar-refractivity contribution in [3.8, 4) is 12.1 Å². The minimum absolute atomic E-state index is 0.164. The molecule has 1 heterocycles. The number of anilines is 1. The molecule has 6 heteroatoms. The zero-order valence-corrected chi connectivity index (χ0v) is 14.1. The van der Waals surface area contributed by atoms with Crippen molar-refractivity contribution >= 4 is 23.4 Å². The number of thioether (sulfide) groups is 1. The van der Waals surface area contributed by atoms with Crippen molar-refractivity contribution in [1.29, 1.82) is 10.5 Å². The maximum atomic E-state index is 12.0. The molecule has 0 aliphatic carbocycles. The molecule has 0 spiro atoms. The number of nitriles is 2. The van der Waals surface area contributed by atoms with E-state index in [1.54, 1.807) is 30.3 Å². The third-order valence-electron chi connectivity index (χ3n) is 3.18. The van der Waals surface area contributed by atoms with E-state index in [1.807, 2.05) is 12.1 Å². The van der Waals surface area contributed by atoms with Crippen LogP contribution in [0.2, 0.25) is 0 Å². The summed E-state index contributed by atoms with van der Waals surface area (Å²) in [6.45, 7) is 2.07. The van der Waals surface area contributed by atoms with Gasteiger partial charge in [-0.25, -0.2) is 4.98 Å². The maximum absolute atomic E-state index is 12.0. The van der Waals surface area contributed by atoms with Crippen molar-refractivity contribution in [3.05, 3.63) is 53.2 Å². The molecule has 120 valence electrons. The highest BCUT2D eigenvalue weighted by Crippen LogP contribution is 2.21. The van der Waals surface area contributed by atoms with E-state index >= 15 is 0 Å². The van der Waals surface area contributed by atoms with Gasteiger partial charge in [0.25, 0.3) is 0 Å². The number of hydrogen-bond acceptors (Lipinski definition) is 5. The zero-order valence-electron chi connectivity index (χ0n) is 13.2. The van der Waals surface area contributed by atoms with E-state index in [1.165, 1.54) is 11.8 Å². The minimum atomic E-state index is -0.184. The Bertz CT molecular complexity index is 803. The van der Waals surface area contributed by atoms with Gasteiger partial charge in [0.15, 0.2) is 0 Å². The Morgan fingerprint density at radius 3 is 2.54 bits per heavy atom. The van der Waals surface area contributed by atoms with Crippen molar-refractivity contribution < 1.29 is 4.79 Å². The molecule has 24 heavy (non-hydrogen) atoms. The van der Waals surface area contributed by atoms with Crippen LogP contribution < -0.4 is 5.32 Å². The summed E-state index contributed by atoms with van der Waals surface area (Å²) < 4.78 is 0. The quantitative estimate of drug-likeness (QED) is 0.815. The van der Waals surface area contributed by atoms with Gasteiger partial charge in [0, 0.05) is 11.4 Å². The molecule has 0 atom stereocenters. The molecule has 0 radical (unpaired) electrons. The largest absolute Gasteiger partial charge is 0.325 e. The smallest absolute Gasteiger partial charge is 0.234 e. The van der Waals surface area contributed by atoms with E-state index in [4.69, 9.17) is 10.5 Å². The van der Waals surface area contributed by atoms with Gasteiger partial charge >= 0.3 is 0 Å². The highest BCUT2D eigenvalue weighted by molar-refractivity contribution is 8.00. The Kier molecular flexibility index (Phi) is 6.36. The number of hydrogen-bond donors (Lipinski definition) is 1. The summed E-state index contributed by atoms with van der Waals surface area (Å²) in [6, 6.07) is 14.4. The van der Waals surface area contributed by atoms with E-state index < -0.39 is 0 Å². The average molecular weight is 336 g/mol. The molecule has 0 bridgehead atoms. The first-order valence-corrected chi connectivity index (χ1v) is 8.47. The molecule has 0 unspecified atom stereocenters. The van der Waals surface area contributed by atoms with Crippen molar-refractivity contribution in [3.63, 3.8) is 0 Å². The van der Waals surface area contributed by atoms with E-state index in [0.29, 0.717) is 21.8 Å². The number of amides is 1. The number of carbonyl (C=O) groups excluding carboxylic acids is 1. The van der Waals surface area contributed by atoms with Gasteiger partial charge in [-0.2, -0.15) is 10.5 Å². The fourth-order valence-electron chi connectivity index (χ4n) is 2.03. The number of aryl methyl sites for hydroxylation is 1. The number of carbonyl (C=O) groups is 1. The Hall–Kier alpha value is -2.83. The lowest BCUT2D eigenvalue weighted by Crippen LogP contribution is -2.14. The zero-order chi connectivity index (χ0) is 17.4. The van der Waals surface area contributed by atoms with Crippen LogP contribution in [-0.4, -0.2) is 16.6 Å². The first-order chi connectivity index (χ1) is 11.7. The fraction of sp³-hybridized carbons (Fsp3) is 0.222. The predicted molar refractivity (Wildman–Crippen MR) is 93.5 cm³/mol. The topological polar surface area (TPSA) is 89.6 Å². The monoisotopic (exact) mass is 336 g/mol. The van der Waals surface area contributed by atoms with Gasteiger partial charge in [0.05, 0.1) is 22.9 Å². The second-order valence-electron chi connectivity index (χ2n) is 5.04. The second kappa shape index (κ2) is 8.71. The summed E-state index contributed by atoms with van der Waals surface area (Å²) in [4.78, 5) is 16.5. The summed E-state index contributed by atoms with van der Waals surface area (Å²) in [5, 5.41) is 21.3. The molecule has 2 rings (SSSR count). The lowest BCUT2D eigenvalue weighted by molar-refractivity contribution is -0.113. The minimum Gasteiger partial charge on any atom is -0.325 e. The number of nitrogens with zero attached hydrogens (tertiary/aromatic N) is 3. The summed E-state index contributed by atoms with van der Waals surface area (Å²) in [5.41, 5.74) is 2.57. The summed E-state index contributed by atoms with van der Waals surface area (Å²) in [6.07, 6.45) is 1.82. The average Bonchev–Trinajstić information content (AvgIpc) is 2.61. The van der Waals surface area contributed by atoms with Crippen molar-refractivity contribution in [2.45, 2.75) is 24.8 Å². The molecule has 0 saturated heterocycles. The number of pyridine rings is 1. The Morgan fingerprint density at radius 2 is 1.92 bits per heavy atom. The van der Waals surface area contributed by atoms with Crippen molar-refractivity contribution in [1.82, 2.24) is 4.98 Å². The first kappa shape index (κ1) is 17.5. The summed E-state index contributed by atoms with van der Waals surface area (Å²) >= 11 is 1.25. The van der Waals surface area contributed by atoms with E-state index in [0.717, 1.165) is 18.5 Å². The SMILES string of the molecule is CCCc1ccc(C#N)c(SCC(=O)Nc2ccc(C#N)cc2)n1. The molecule has 0 aliphatic rings. The number of aromatic nitrogens is 1. The molecule has 1 amide bonds. The molecule has 0 fully saturated rings. The normalized spacial score (nSPS) is 9.79. The van der Waals surface area contributed by atoms with E-state index in [9.17, 15) is 4.79 Å². The van der Waals surface area contributed by atoms with Crippen LogP contribution in [0.4, 0.5) is 5.69 Å². The molecular weight excluding hydrogens is 320 g/mol. The van der Waals surface area contributed by atoms with E-state index in [2.05, 4.69) is 23.3 Å². The predicted octanol–water partition coefficient (Wildman–Crippen LogP) is 3.51. The van der Waals surface area contributed by atoms with Crippen LogP contribution >= 0.6 is 11.8 Å². The van der Waals surface area contributed by atoms with E-state index in [-0.39, 0.29) is 11.7 Å². The number of benzene rings is 1. The van der Waals surface area contributed by atoms with Crippen LogP contribution in [0.25, 0.3) is 0 Å². The molecule has 1 aromatic heterocycles. The van der Waals surface area contributed by atoms with Crippen LogP contribution in [0, 0.1) is 22.7 Å². The third-order valence-corrected chi connectivity index (χ3v) is 4.17. The van der Waals surface area contributed by atoms with Gasteiger partial charge < -0.3 is 5.32 Å². The van der Waals surface area contributed by atoms with Gasteiger partial charge in [0.2, 0.25) is 5.91 Å². The Balaban J connectivity index is 1.99. The van der Waals surface area contributed by atoms with Gasteiger partial charge in [-0.05, 0) is 42.8 Å². The molecule has 5 nitrogen and oxygen atoms in total. The standard InChI is InChI=1S/C18H16N4OS/c1-2-3-15-9-6-14(11-20)18(22-15)24-12-17(23)21-16-7-4-13(10-19)5-8-16/h4-9H,2-3,12H2,1H3,(H,21,23). The van der Waals surface area contributed by atoms with Crippen molar-refractivity contribution in [2.75, 3.05) is 11.1 Å². The summed E-state index contributed by atoms with van der Waals surface area (Å²) in [7, 11) is 0. The maximum Gasteiger partial charge on any atom is 0.234 e. The number of rotatable bonds is 6. The lowest BCUT2D eigenvalue weighted by Gasteiger charge is -2.07. The van der Waals surface area contributed by atoms with Gasteiger partial charge in [-0.15, -0.1) is 0 Å². The number of nitrogens with one attached hydrogen (secondary N) is 1. The van der Waals surface area contributed by atoms with Gasteiger partial charge in [0.1, 0.15) is 11.1 Å². The van der Waals surface area contributed by atoms with Gasteiger partial charge in [-0.1, -0.05) is 25.1 Å². The van der Waals surface area contributed by atoms with Crippen molar-refractivity contribution in [2.24, 2.45) is 0 Å². The highest BCUT2D eigenvalue weighted by Gasteiger charge is 2.10. The van der Waals surface area contributed by atoms with Crippen LogP contribution in [-0.2, 0) is 11.2 Å². The first-order valence-electron chi connectivity index (χ1n) is 7.49.